The van der Waals surface area contributed by atoms with E-state index in [4.69, 9.17) is 0 Å². The molecule has 0 aliphatic heterocycles. The van der Waals surface area contributed by atoms with Gasteiger partial charge in [0, 0.05) is 11.8 Å². The fraction of sp³-hybridized carbons (Fsp3) is 0.133. The number of aryl methyl sites for hydroxylation is 1. The summed E-state index contributed by atoms with van der Waals surface area (Å²) < 4.78 is 40.2. The predicted molar refractivity (Wildman–Crippen MR) is 93.1 cm³/mol. The van der Waals surface area contributed by atoms with Crippen LogP contribution in [0.4, 0.5) is 24.5 Å². The molecule has 0 fully saturated rings. The first-order valence-corrected chi connectivity index (χ1v) is 8.20. The molecule has 1 amide bonds. The second-order valence-corrected chi connectivity index (χ2v) is 6.38. The third kappa shape index (κ3) is 3.47. The molecule has 0 aliphatic carbocycles. The number of halogens is 4. The average molecular weight is 460 g/mol. The number of fused-ring (bicyclic) bond motifs is 1. The number of carbonyl (C=O) groups excluding carboxylic acids is 1. The molecule has 2 heterocycles. The number of aromatic hydroxyl groups is 1. The van der Waals surface area contributed by atoms with Gasteiger partial charge in [0.05, 0.1) is 21.1 Å². The van der Waals surface area contributed by atoms with E-state index in [0.717, 1.165) is 24.3 Å². The first kappa shape index (κ1) is 19.5. The molecule has 28 heavy (non-hydrogen) atoms. The molecule has 1 aromatic carbocycles. The summed E-state index contributed by atoms with van der Waals surface area (Å²) in [4.78, 5) is 26.4. The van der Waals surface area contributed by atoms with Crippen molar-refractivity contribution in [1.29, 1.82) is 0 Å². The fourth-order valence-corrected chi connectivity index (χ4v) is 2.90. The summed E-state index contributed by atoms with van der Waals surface area (Å²) in [6.07, 6.45) is -4.73. The molecule has 0 aliphatic rings. The van der Waals surface area contributed by atoms with Crippen molar-refractivity contribution in [3.8, 4) is 5.75 Å². The lowest BCUT2D eigenvalue weighted by Gasteiger charge is -2.09. The van der Waals surface area contributed by atoms with Gasteiger partial charge in [0.1, 0.15) is 11.4 Å². The van der Waals surface area contributed by atoms with Gasteiger partial charge in [-0.15, -0.1) is 0 Å². The van der Waals surface area contributed by atoms with Crippen LogP contribution in [0, 0.1) is 17.0 Å². The third-order valence-corrected chi connectivity index (χ3v) is 4.34. The lowest BCUT2D eigenvalue weighted by molar-refractivity contribution is -0.384. The summed E-state index contributed by atoms with van der Waals surface area (Å²) >= 11 is 3.02. The van der Waals surface area contributed by atoms with E-state index in [2.05, 4.69) is 31.3 Å². The molecule has 0 spiro atoms. The second-order valence-electron chi connectivity index (χ2n) is 5.59. The van der Waals surface area contributed by atoms with Gasteiger partial charge in [0.25, 0.3) is 11.6 Å². The van der Waals surface area contributed by atoms with Crippen LogP contribution in [-0.2, 0) is 6.18 Å². The summed E-state index contributed by atoms with van der Waals surface area (Å²) in [6.45, 7) is 1.36. The van der Waals surface area contributed by atoms with E-state index in [1.165, 1.54) is 6.92 Å². The summed E-state index contributed by atoms with van der Waals surface area (Å²) in [7, 11) is 0. The maximum Gasteiger partial charge on any atom is 0.433 e. The summed E-state index contributed by atoms with van der Waals surface area (Å²) in [6, 6.07) is 3.73. The Kier molecular flexibility index (Phi) is 4.71. The maximum atomic E-state index is 13.3. The normalized spacial score (nSPS) is 11.6. The average Bonchev–Trinajstić information content (AvgIpc) is 2.92. The lowest BCUT2D eigenvalue weighted by Crippen LogP contribution is -2.16. The Labute approximate surface area is 162 Å². The molecule has 0 saturated carbocycles. The van der Waals surface area contributed by atoms with Gasteiger partial charge < -0.3 is 10.4 Å². The van der Waals surface area contributed by atoms with Gasteiger partial charge in [-0.2, -0.15) is 18.3 Å². The quantitative estimate of drug-likeness (QED) is 0.349. The van der Waals surface area contributed by atoms with E-state index in [-0.39, 0.29) is 21.5 Å². The zero-order valence-electron chi connectivity index (χ0n) is 13.8. The third-order valence-electron chi connectivity index (χ3n) is 3.61. The van der Waals surface area contributed by atoms with Crippen molar-refractivity contribution in [2.24, 2.45) is 0 Å². The van der Waals surface area contributed by atoms with Crippen LogP contribution in [0.5, 0.6) is 5.75 Å². The minimum Gasteiger partial charge on any atom is -0.506 e. The number of benzene rings is 1. The van der Waals surface area contributed by atoms with Crippen LogP contribution >= 0.6 is 15.9 Å². The molecule has 13 heteroatoms. The number of alkyl halides is 3. The van der Waals surface area contributed by atoms with Crippen molar-refractivity contribution in [3.05, 3.63) is 55.9 Å². The Morgan fingerprint density at radius 2 is 2.04 bits per heavy atom. The van der Waals surface area contributed by atoms with E-state index in [1.54, 1.807) is 0 Å². The molecule has 0 atom stereocenters. The number of nitro groups is 1. The number of amides is 1. The van der Waals surface area contributed by atoms with Gasteiger partial charge in [-0.3, -0.25) is 14.9 Å². The van der Waals surface area contributed by atoms with E-state index in [0.29, 0.717) is 4.52 Å². The van der Waals surface area contributed by atoms with Crippen LogP contribution < -0.4 is 5.32 Å². The minimum atomic E-state index is -4.73. The Morgan fingerprint density at radius 1 is 1.36 bits per heavy atom. The second kappa shape index (κ2) is 6.74. The predicted octanol–water partition coefficient (Wildman–Crippen LogP) is 3.69. The van der Waals surface area contributed by atoms with Gasteiger partial charge >= 0.3 is 6.18 Å². The first-order chi connectivity index (χ1) is 13.0. The number of hydrogen-bond donors (Lipinski definition) is 2. The van der Waals surface area contributed by atoms with Crippen molar-refractivity contribution in [1.82, 2.24) is 14.6 Å². The fourth-order valence-electron chi connectivity index (χ4n) is 2.38. The minimum absolute atomic E-state index is 0.0698. The Morgan fingerprint density at radius 3 is 2.61 bits per heavy atom. The number of rotatable bonds is 3. The van der Waals surface area contributed by atoms with E-state index >= 15 is 0 Å². The Bertz CT molecular complexity index is 1130. The highest BCUT2D eigenvalue weighted by molar-refractivity contribution is 9.10. The number of nitro benzene ring substituents is 1. The molecule has 146 valence electrons. The van der Waals surface area contributed by atoms with Crippen LogP contribution in [0.3, 0.4) is 0 Å². The van der Waals surface area contributed by atoms with Crippen LogP contribution in [0.1, 0.15) is 21.9 Å². The van der Waals surface area contributed by atoms with Gasteiger partial charge in [0.2, 0.25) is 0 Å². The van der Waals surface area contributed by atoms with Crippen LogP contribution in [0.25, 0.3) is 5.65 Å². The molecule has 3 rings (SSSR count). The highest BCUT2D eigenvalue weighted by atomic mass is 79.9. The van der Waals surface area contributed by atoms with Crippen molar-refractivity contribution < 1.29 is 28.0 Å². The zero-order valence-corrected chi connectivity index (χ0v) is 15.4. The van der Waals surface area contributed by atoms with Crippen LogP contribution in [0.15, 0.2) is 28.7 Å². The SMILES string of the molecule is Cc1cc(C(F)(F)F)n2nc(C(=O)Nc3ccc([N+](=O)[O-])cc3O)c(Br)c2n1. The molecule has 9 nitrogen and oxygen atoms in total. The Balaban J connectivity index is 2.03. The van der Waals surface area contributed by atoms with Gasteiger partial charge in [-0.25, -0.2) is 9.50 Å². The largest absolute Gasteiger partial charge is 0.506 e. The van der Waals surface area contributed by atoms with Crippen molar-refractivity contribution >= 4 is 38.9 Å². The molecule has 2 N–H and O–H groups in total. The lowest BCUT2D eigenvalue weighted by atomic mass is 10.2. The maximum absolute atomic E-state index is 13.3. The van der Waals surface area contributed by atoms with E-state index in [9.17, 15) is 33.2 Å². The number of hydrogen-bond acceptors (Lipinski definition) is 6. The summed E-state index contributed by atoms with van der Waals surface area (Å²) in [5.74, 6) is -1.54. The standard InChI is InChI=1S/C15H9BrF3N5O4/c1-6-4-10(15(17,18)19)23-13(20-6)11(16)12(22-23)14(26)21-8-3-2-7(24(27)28)5-9(8)25/h2-5,25H,1H3,(H,21,26). The summed E-state index contributed by atoms with van der Waals surface area (Å²) in [5, 5.41) is 26.4. The highest BCUT2D eigenvalue weighted by Gasteiger charge is 2.36. The number of anilines is 1. The molecule has 0 unspecified atom stereocenters. The molecule has 0 saturated heterocycles. The van der Waals surface area contributed by atoms with Crippen molar-refractivity contribution in [2.45, 2.75) is 13.1 Å². The number of carbonyl (C=O) groups is 1. The number of non-ortho nitro benzene ring substituents is 1. The first-order valence-electron chi connectivity index (χ1n) is 7.41. The monoisotopic (exact) mass is 459 g/mol. The van der Waals surface area contributed by atoms with Gasteiger partial charge in [0.15, 0.2) is 11.3 Å². The highest BCUT2D eigenvalue weighted by Crippen LogP contribution is 2.33. The van der Waals surface area contributed by atoms with Crippen LogP contribution in [-0.4, -0.2) is 30.5 Å². The van der Waals surface area contributed by atoms with Gasteiger partial charge in [-0.1, -0.05) is 0 Å². The molecule has 0 bridgehead atoms. The molecular formula is C15H9BrF3N5O4. The van der Waals surface area contributed by atoms with Crippen molar-refractivity contribution in [2.75, 3.05) is 5.32 Å². The van der Waals surface area contributed by atoms with Crippen molar-refractivity contribution in [3.63, 3.8) is 0 Å². The number of aromatic nitrogens is 3. The number of nitrogens with zero attached hydrogens (tertiary/aromatic N) is 4. The molecule has 3 aromatic rings. The smallest absolute Gasteiger partial charge is 0.433 e. The van der Waals surface area contributed by atoms with Crippen LogP contribution in [0.2, 0.25) is 0 Å². The number of phenols is 1. The topological polar surface area (TPSA) is 123 Å². The van der Waals surface area contributed by atoms with Gasteiger partial charge in [-0.05, 0) is 35.0 Å². The zero-order chi connectivity index (χ0) is 20.8. The number of phenolic OH excluding ortho intramolecular Hbond substituents is 1. The molecule has 0 radical (unpaired) electrons. The number of nitrogens with one attached hydrogen (secondary N) is 1. The summed E-state index contributed by atoms with van der Waals surface area (Å²) in [5.41, 5.74) is -2.27. The van der Waals surface area contributed by atoms with E-state index in [1.807, 2.05) is 0 Å². The molecule has 2 aromatic heterocycles. The van der Waals surface area contributed by atoms with E-state index < -0.39 is 39.8 Å². The Hall–Kier alpha value is -3.22. The molecular weight excluding hydrogens is 451 g/mol.